The second-order valence-electron chi connectivity index (χ2n) is 11.6. The van der Waals surface area contributed by atoms with Gasteiger partial charge in [-0.1, -0.05) is 57.2 Å². The van der Waals surface area contributed by atoms with Gasteiger partial charge in [-0.15, -0.1) is 0 Å². The van der Waals surface area contributed by atoms with Crippen LogP contribution in [0.15, 0.2) is 48.6 Å². The molecular formula is C33H52O4. The maximum atomic E-state index is 9.25. The highest BCUT2D eigenvalue weighted by Gasteiger charge is 2.36. The van der Waals surface area contributed by atoms with Gasteiger partial charge in [0.05, 0.1) is 38.6 Å². The summed E-state index contributed by atoms with van der Waals surface area (Å²) < 4.78 is 12.6. The molecule has 0 saturated heterocycles. The molecule has 0 radical (unpaired) electrons. The standard InChI is InChI=1S/C33H52O4/c1-4-5-6-7-27-8-10-28(11-9-27)29-12-14-30(15-13-29)31-20-32(36-18-16-25(2)23-34)22-33(21-31)37-19-17-26(3)24-35/h8-11,29-35H,2-7,12-24H2,1H3. The van der Waals surface area contributed by atoms with Crippen molar-refractivity contribution >= 4 is 0 Å². The highest BCUT2D eigenvalue weighted by Crippen LogP contribution is 2.44. The predicted octanol–water partition coefficient (Wildman–Crippen LogP) is 7.14. The molecule has 208 valence electrons. The first-order valence-electron chi connectivity index (χ1n) is 14.9. The molecule has 3 rings (SSSR count). The normalized spacial score (nSPS) is 26.2. The van der Waals surface area contributed by atoms with Crippen molar-refractivity contribution in [1.29, 1.82) is 0 Å². The molecule has 2 fully saturated rings. The fourth-order valence-electron chi connectivity index (χ4n) is 6.27. The summed E-state index contributed by atoms with van der Waals surface area (Å²) >= 11 is 0. The highest BCUT2D eigenvalue weighted by atomic mass is 16.5. The van der Waals surface area contributed by atoms with Crippen LogP contribution in [0.2, 0.25) is 0 Å². The van der Waals surface area contributed by atoms with Crippen LogP contribution in [-0.2, 0) is 15.9 Å². The fraction of sp³-hybridized carbons (Fsp3) is 0.697. The Labute approximate surface area is 226 Å². The van der Waals surface area contributed by atoms with E-state index in [-0.39, 0.29) is 25.4 Å². The van der Waals surface area contributed by atoms with E-state index in [0.29, 0.717) is 37.9 Å². The third kappa shape index (κ3) is 10.3. The van der Waals surface area contributed by atoms with Crippen molar-refractivity contribution in [2.75, 3.05) is 26.4 Å². The molecule has 2 unspecified atom stereocenters. The number of ether oxygens (including phenoxy) is 2. The van der Waals surface area contributed by atoms with Crippen LogP contribution in [0.25, 0.3) is 0 Å². The number of aliphatic hydroxyl groups is 2. The molecule has 1 aromatic carbocycles. The van der Waals surface area contributed by atoms with Crippen molar-refractivity contribution in [3.05, 3.63) is 59.7 Å². The van der Waals surface area contributed by atoms with E-state index in [1.807, 2.05) is 0 Å². The van der Waals surface area contributed by atoms with Crippen LogP contribution in [0.1, 0.15) is 101 Å². The van der Waals surface area contributed by atoms with E-state index in [9.17, 15) is 10.2 Å². The number of benzene rings is 1. The summed E-state index contributed by atoms with van der Waals surface area (Å²) in [4.78, 5) is 0. The summed E-state index contributed by atoms with van der Waals surface area (Å²) in [5.74, 6) is 2.06. The number of aryl methyl sites for hydroxylation is 1. The van der Waals surface area contributed by atoms with E-state index in [1.165, 1.54) is 62.5 Å². The topological polar surface area (TPSA) is 58.9 Å². The molecule has 0 spiro atoms. The van der Waals surface area contributed by atoms with Crippen LogP contribution in [0, 0.1) is 11.8 Å². The third-order valence-corrected chi connectivity index (χ3v) is 8.68. The molecule has 4 nitrogen and oxygen atoms in total. The molecule has 2 N–H and O–H groups in total. The molecule has 4 heteroatoms. The maximum Gasteiger partial charge on any atom is 0.0639 e. The van der Waals surface area contributed by atoms with E-state index >= 15 is 0 Å². The second kappa shape index (κ2) is 16.5. The molecule has 2 atom stereocenters. The monoisotopic (exact) mass is 512 g/mol. The van der Waals surface area contributed by atoms with Gasteiger partial charge in [0.15, 0.2) is 0 Å². The van der Waals surface area contributed by atoms with Gasteiger partial charge >= 0.3 is 0 Å². The lowest BCUT2D eigenvalue weighted by Crippen LogP contribution is -2.37. The van der Waals surface area contributed by atoms with Gasteiger partial charge in [0.1, 0.15) is 0 Å². The zero-order valence-electron chi connectivity index (χ0n) is 23.3. The van der Waals surface area contributed by atoms with E-state index < -0.39 is 0 Å². The Morgan fingerprint density at radius 3 is 1.86 bits per heavy atom. The second-order valence-corrected chi connectivity index (χ2v) is 11.6. The van der Waals surface area contributed by atoms with Crippen LogP contribution in [0.5, 0.6) is 0 Å². The van der Waals surface area contributed by atoms with Crippen LogP contribution in [0.4, 0.5) is 0 Å². The first kappa shape index (κ1) is 30.1. The first-order valence-corrected chi connectivity index (χ1v) is 14.9. The van der Waals surface area contributed by atoms with Gasteiger partial charge in [-0.05, 0) is 111 Å². The Hall–Kier alpha value is -1.46. The Kier molecular flexibility index (Phi) is 13.4. The summed E-state index contributed by atoms with van der Waals surface area (Å²) in [5.41, 5.74) is 4.66. The average molecular weight is 513 g/mol. The quantitative estimate of drug-likeness (QED) is 0.183. The van der Waals surface area contributed by atoms with Crippen LogP contribution < -0.4 is 0 Å². The largest absolute Gasteiger partial charge is 0.392 e. The van der Waals surface area contributed by atoms with Crippen molar-refractivity contribution < 1.29 is 19.7 Å². The predicted molar refractivity (Wildman–Crippen MR) is 153 cm³/mol. The first-order chi connectivity index (χ1) is 18.0. The summed E-state index contributed by atoms with van der Waals surface area (Å²) in [6.07, 6.45) is 15.2. The molecule has 2 aliphatic rings. The Morgan fingerprint density at radius 2 is 1.35 bits per heavy atom. The molecule has 37 heavy (non-hydrogen) atoms. The van der Waals surface area contributed by atoms with Crippen molar-refractivity contribution in [2.24, 2.45) is 11.8 Å². The molecule has 2 saturated carbocycles. The molecule has 2 aliphatic carbocycles. The lowest BCUT2D eigenvalue weighted by molar-refractivity contribution is -0.0717. The summed E-state index contributed by atoms with van der Waals surface area (Å²) in [6, 6.07) is 9.50. The molecule has 0 aromatic heterocycles. The van der Waals surface area contributed by atoms with Gasteiger partial charge < -0.3 is 19.7 Å². The Morgan fingerprint density at radius 1 is 0.784 bits per heavy atom. The van der Waals surface area contributed by atoms with Crippen molar-refractivity contribution in [3.8, 4) is 0 Å². The van der Waals surface area contributed by atoms with Gasteiger partial charge in [-0.25, -0.2) is 0 Å². The Bertz CT molecular complexity index is 763. The molecular weight excluding hydrogens is 460 g/mol. The van der Waals surface area contributed by atoms with Crippen LogP contribution in [-0.4, -0.2) is 48.8 Å². The van der Waals surface area contributed by atoms with E-state index in [4.69, 9.17) is 9.47 Å². The van der Waals surface area contributed by atoms with Crippen LogP contribution >= 0.6 is 0 Å². The number of hydrogen-bond acceptors (Lipinski definition) is 4. The average Bonchev–Trinajstić information content (AvgIpc) is 2.93. The van der Waals surface area contributed by atoms with Gasteiger partial charge in [-0.3, -0.25) is 0 Å². The molecule has 1 aromatic rings. The molecule has 0 bridgehead atoms. The maximum absolute atomic E-state index is 9.25. The lowest BCUT2D eigenvalue weighted by atomic mass is 9.69. The van der Waals surface area contributed by atoms with Crippen molar-refractivity contribution in [2.45, 2.75) is 109 Å². The number of unbranched alkanes of at least 4 members (excludes halogenated alkanes) is 2. The van der Waals surface area contributed by atoms with Gasteiger partial charge in [0.25, 0.3) is 0 Å². The summed E-state index contributed by atoms with van der Waals surface area (Å²) in [7, 11) is 0. The zero-order valence-corrected chi connectivity index (χ0v) is 23.3. The lowest BCUT2D eigenvalue weighted by Gasteiger charge is -2.41. The summed E-state index contributed by atoms with van der Waals surface area (Å²) in [6.45, 7) is 11.3. The fourth-order valence-corrected chi connectivity index (χ4v) is 6.27. The van der Waals surface area contributed by atoms with E-state index in [0.717, 1.165) is 36.3 Å². The number of rotatable bonds is 16. The van der Waals surface area contributed by atoms with Gasteiger partial charge in [0, 0.05) is 0 Å². The summed E-state index contributed by atoms with van der Waals surface area (Å²) in [5, 5.41) is 18.5. The third-order valence-electron chi connectivity index (χ3n) is 8.68. The van der Waals surface area contributed by atoms with E-state index in [2.05, 4.69) is 44.3 Å². The van der Waals surface area contributed by atoms with Gasteiger partial charge in [-0.2, -0.15) is 0 Å². The van der Waals surface area contributed by atoms with Crippen molar-refractivity contribution in [3.63, 3.8) is 0 Å². The van der Waals surface area contributed by atoms with Crippen LogP contribution in [0.3, 0.4) is 0 Å². The van der Waals surface area contributed by atoms with E-state index in [1.54, 1.807) is 0 Å². The minimum Gasteiger partial charge on any atom is -0.392 e. The highest BCUT2D eigenvalue weighted by molar-refractivity contribution is 5.26. The number of hydrogen-bond donors (Lipinski definition) is 2. The Balaban J connectivity index is 1.51. The van der Waals surface area contributed by atoms with Gasteiger partial charge in [0.2, 0.25) is 0 Å². The zero-order chi connectivity index (χ0) is 26.5. The molecule has 0 amide bonds. The smallest absolute Gasteiger partial charge is 0.0639 e. The molecule has 0 heterocycles. The minimum atomic E-state index is 0.0297. The van der Waals surface area contributed by atoms with Crippen molar-refractivity contribution in [1.82, 2.24) is 0 Å². The number of aliphatic hydroxyl groups excluding tert-OH is 2. The minimum absolute atomic E-state index is 0.0297. The SMILES string of the molecule is C=C(CO)CCOC1CC(OCCC(=C)CO)CC(C2CCC(c3ccc(CCCCC)cc3)CC2)C1. The molecule has 0 aliphatic heterocycles.